The third-order valence-corrected chi connectivity index (χ3v) is 2.82. The van der Waals surface area contributed by atoms with Crippen LogP contribution in [0.5, 0.6) is 0 Å². The summed E-state index contributed by atoms with van der Waals surface area (Å²) in [6, 6.07) is 0.427. The summed E-state index contributed by atoms with van der Waals surface area (Å²) in [6.45, 7) is 0. The molecule has 0 aromatic heterocycles. The van der Waals surface area contributed by atoms with Crippen molar-refractivity contribution >= 4 is 11.9 Å². The summed E-state index contributed by atoms with van der Waals surface area (Å²) in [5.41, 5.74) is -4.13. The first-order valence-electron chi connectivity index (χ1n) is 5.86. The highest BCUT2D eigenvalue weighted by atomic mass is 19.4. The van der Waals surface area contributed by atoms with E-state index in [-0.39, 0.29) is 18.2 Å². The Morgan fingerprint density at radius 3 is 1.43 bits per heavy atom. The van der Waals surface area contributed by atoms with Crippen LogP contribution >= 0.6 is 0 Å². The Bertz CT molecular complexity index is 557. The number of benzene rings is 1. The molecule has 0 saturated heterocycles. The lowest BCUT2D eigenvalue weighted by Crippen LogP contribution is -2.25. The zero-order valence-electron chi connectivity index (χ0n) is 11.7. The van der Waals surface area contributed by atoms with Crippen molar-refractivity contribution < 1.29 is 45.4 Å². The topological polar surface area (TPSA) is 52.6 Å². The summed E-state index contributed by atoms with van der Waals surface area (Å²) >= 11 is 0. The molecule has 4 nitrogen and oxygen atoms in total. The molecule has 0 atom stereocenters. The van der Waals surface area contributed by atoms with E-state index < -0.39 is 46.9 Å². The van der Waals surface area contributed by atoms with E-state index in [1.165, 1.54) is 0 Å². The van der Waals surface area contributed by atoms with Gasteiger partial charge in [0.25, 0.3) is 0 Å². The van der Waals surface area contributed by atoms with Crippen molar-refractivity contribution in [2.75, 3.05) is 14.2 Å². The van der Waals surface area contributed by atoms with E-state index >= 15 is 0 Å². The molecule has 0 bridgehead atoms. The Morgan fingerprint density at radius 1 is 0.826 bits per heavy atom. The Hall–Kier alpha value is -2.26. The lowest BCUT2D eigenvalue weighted by Gasteiger charge is -2.17. The highest BCUT2D eigenvalue weighted by Gasteiger charge is 2.40. The van der Waals surface area contributed by atoms with Gasteiger partial charge in [0, 0.05) is 0 Å². The lowest BCUT2D eigenvalue weighted by atomic mass is 9.94. The minimum absolute atomic E-state index is 0.116. The maximum atomic E-state index is 12.8. The van der Waals surface area contributed by atoms with Crippen LogP contribution in [-0.2, 0) is 31.4 Å². The second-order valence-corrected chi connectivity index (χ2v) is 4.32. The Balaban J connectivity index is 3.60. The Kier molecular flexibility index (Phi) is 5.28. The minimum Gasteiger partial charge on any atom is -0.468 e. The number of carbonyl (C=O) groups excluding carboxylic acids is 2. The van der Waals surface area contributed by atoms with Gasteiger partial charge in [-0.25, -0.2) is 0 Å². The molecule has 0 N–H and O–H groups in total. The molecule has 128 valence electrons. The van der Waals surface area contributed by atoms with E-state index in [1.54, 1.807) is 0 Å². The molecule has 0 aliphatic rings. The molecule has 0 aliphatic carbocycles. The monoisotopic (exact) mass is 344 g/mol. The van der Waals surface area contributed by atoms with Gasteiger partial charge in [0.15, 0.2) is 5.92 Å². The maximum Gasteiger partial charge on any atom is 0.416 e. The van der Waals surface area contributed by atoms with E-state index in [4.69, 9.17) is 0 Å². The quantitative estimate of drug-likeness (QED) is 0.480. The molecule has 0 saturated carbocycles. The second-order valence-electron chi connectivity index (χ2n) is 4.32. The minimum atomic E-state index is -5.10. The van der Waals surface area contributed by atoms with Crippen molar-refractivity contribution in [3.8, 4) is 0 Å². The van der Waals surface area contributed by atoms with Gasteiger partial charge in [-0.15, -0.1) is 0 Å². The average molecular weight is 344 g/mol. The van der Waals surface area contributed by atoms with Crippen molar-refractivity contribution in [1.82, 2.24) is 0 Å². The fraction of sp³-hybridized carbons (Fsp3) is 0.385. The van der Waals surface area contributed by atoms with Gasteiger partial charge in [-0.05, 0) is 23.8 Å². The van der Waals surface area contributed by atoms with Crippen LogP contribution in [0.15, 0.2) is 18.2 Å². The standard InChI is InChI=1S/C13H10F6O4/c1-22-10(20)9(11(21)23-2)6-3-7(12(14,15)16)5-8(4-6)13(17,18)19/h3-5,9H,1-2H3. The summed E-state index contributed by atoms with van der Waals surface area (Å²) in [5, 5.41) is 0. The zero-order chi connectivity index (χ0) is 18.0. The average Bonchev–Trinajstić information content (AvgIpc) is 2.44. The molecule has 23 heavy (non-hydrogen) atoms. The molecule has 1 rings (SSSR count). The Labute approximate surface area is 126 Å². The van der Waals surface area contributed by atoms with E-state index in [0.717, 1.165) is 14.2 Å². The number of methoxy groups -OCH3 is 2. The molecule has 0 fully saturated rings. The van der Waals surface area contributed by atoms with Crippen LogP contribution in [0.25, 0.3) is 0 Å². The summed E-state index contributed by atoms with van der Waals surface area (Å²) in [4.78, 5) is 23.1. The van der Waals surface area contributed by atoms with Crippen molar-refractivity contribution in [2.24, 2.45) is 0 Å². The smallest absolute Gasteiger partial charge is 0.416 e. The zero-order valence-corrected chi connectivity index (χ0v) is 11.7. The van der Waals surface area contributed by atoms with E-state index in [0.29, 0.717) is 0 Å². The number of rotatable bonds is 3. The molecule has 0 aliphatic heterocycles. The number of hydrogen-bond donors (Lipinski definition) is 0. The molecule has 0 heterocycles. The lowest BCUT2D eigenvalue weighted by molar-refractivity contribution is -0.155. The van der Waals surface area contributed by atoms with Crippen LogP contribution in [0.3, 0.4) is 0 Å². The third-order valence-electron chi connectivity index (χ3n) is 2.82. The summed E-state index contributed by atoms with van der Waals surface area (Å²) in [7, 11) is 1.66. The summed E-state index contributed by atoms with van der Waals surface area (Å²) in [5.74, 6) is -4.75. The molecule has 0 spiro atoms. The van der Waals surface area contributed by atoms with E-state index in [2.05, 4.69) is 9.47 Å². The van der Waals surface area contributed by atoms with Gasteiger partial charge in [-0.1, -0.05) is 0 Å². The van der Waals surface area contributed by atoms with Crippen LogP contribution in [0.1, 0.15) is 22.6 Å². The molecule has 0 unspecified atom stereocenters. The number of hydrogen-bond acceptors (Lipinski definition) is 4. The number of ether oxygens (including phenoxy) is 2. The highest BCUT2D eigenvalue weighted by Crippen LogP contribution is 2.38. The normalized spacial score (nSPS) is 12.2. The molecule has 1 aromatic carbocycles. The maximum absolute atomic E-state index is 12.8. The van der Waals surface area contributed by atoms with Crippen molar-refractivity contribution in [3.05, 3.63) is 34.9 Å². The number of carbonyl (C=O) groups is 2. The van der Waals surface area contributed by atoms with E-state index in [1.807, 2.05) is 0 Å². The summed E-state index contributed by atoms with van der Waals surface area (Å²) in [6.07, 6.45) is -10.2. The van der Waals surface area contributed by atoms with Gasteiger partial charge in [-0.2, -0.15) is 26.3 Å². The summed E-state index contributed by atoms with van der Waals surface area (Å²) < 4.78 is 85.1. The molecular formula is C13H10F6O4. The van der Waals surface area contributed by atoms with Gasteiger partial charge < -0.3 is 9.47 Å². The number of alkyl halides is 6. The first-order valence-corrected chi connectivity index (χ1v) is 5.86. The SMILES string of the molecule is COC(=O)C(C(=O)OC)c1cc(C(F)(F)F)cc(C(F)(F)F)c1. The first-order chi connectivity index (χ1) is 10.4. The molecule has 0 radical (unpaired) electrons. The molecular weight excluding hydrogens is 334 g/mol. The van der Waals surface area contributed by atoms with Crippen LogP contribution in [0.4, 0.5) is 26.3 Å². The van der Waals surface area contributed by atoms with Crippen LogP contribution < -0.4 is 0 Å². The van der Waals surface area contributed by atoms with Crippen molar-refractivity contribution in [3.63, 3.8) is 0 Å². The third kappa shape index (κ3) is 4.36. The van der Waals surface area contributed by atoms with Gasteiger partial charge >= 0.3 is 24.3 Å². The molecule has 10 heteroatoms. The van der Waals surface area contributed by atoms with Gasteiger partial charge in [-0.3, -0.25) is 9.59 Å². The highest BCUT2D eigenvalue weighted by molar-refractivity contribution is 6.00. The van der Waals surface area contributed by atoms with Crippen LogP contribution in [-0.4, -0.2) is 26.2 Å². The largest absolute Gasteiger partial charge is 0.468 e. The predicted molar refractivity (Wildman–Crippen MR) is 63.2 cm³/mol. The van der Waals surface area contributed by atoms with Crippen molar-refractivity contribution in [2.45, 2.75) is 18.3 Å². The van der Waals surface area contributed by atoms with Crippen LogP contribution in [0, 0.1) is 0 Å². The van der Waals surface area contributed by atoms with Crippen molar-refractivity contribution in [1.29, 1.82) is 0 Å². The fourth-order valence-corrected chi connectivity index (χ4v) is 1.75. The molecule has 0 amide bonds. The first kappa shape index (κ1) is 18.8. The van der Waals surface area contributed by atoms with Crippen LogP contribution in [0.2, 0.25) is 0 Å². The van der Waals surface area contributed by atoms with Gasteiger partial charge in [0.05, 0.1) is 25.3 Å². The number of halogens is 6. The predicted octanol–water partition coefficient (Wildman–Crippen LogP) is 3.15. The molecule has 1 aromatic rings. The van der Waals surface area contributed by atoms with Gasteiger partial charge in [0.2, 0.25) is 0 Å². The van der Waals surface area contributed by atoms with E-state index in [9.17, 15) is 35.9 Å². The van der Waals surface area contributed by atoms with Gasteiger partial charge in [0.1, 0.15) is 0 Å². The second kappa shape index (κ2) is 6.47. The number of esters is 2. The Morgan fingerprint density at radius 2 is 1.17 bits per heavy atom. The fourth-order valence-electron chi connectivity index (χ4n) is 1.75.